The maximum Gasteiger partial charge on any atom is 0.219 e. The minimum atomic E-state index is 0.169. The molecule has 0 unspecified atom stereocenters. The highest BCUT2D eigenvalue weighted by atomic mass is 16.2. The third-order valence-corrected chi connectivity index (χ3v) is 5.88. The second kappa shape index (κ2) is 8.21. The van der Waals surface area contributed by atoms with Crippen molar-refractivity contribution in [3.63, 3.8) is 0 Å². The SMILES string of the molecule is CC(=O)N1CCC[C@H](c2nnc3n2CCN(CCCc2ccccc2)C3)C1. The summed E-state index contributed by atoms with van der Waals surface area (Å²) in [5, 5.41) is 9.01. The number of fused-ring (bicyclic) bond motifs is 1. The molecule has 2 aliphatic rings. The van der Waals surface area contributed by atoms with Crippen molar-refractivity contribution in [2.45, 2.75) is 51.6 Å². The van der Waals surface area contributed by atoms with Crippen molar-refractivity contribution in [3.05, 3.63) is 47.5 Å². The van der Waals surface area contributed by atoms with Crippen molar-refractivity contribution in [1.82, 2.24) is 24.6 Å². The number of benzene rings is 1. The number of piperidine rings is 1. The van der Waals surface area contributed by atoms with Crippen LogP contribution in [0.2, 0.25) is 0 Å². The number of aromatic nitrogens is 3. The van der Waals surface area contributed by atoms with E-state index in [4.69, 9.17) is 0 Å². The summed E-state index contributed by atoms with van der Waals surface area (Å²) in [7, 11) is 0. The summed E-state index contributed by atoms with van der Waals surface area (Å²) in [6.07, 6.45) is 4.44. The standard InChI is InChI=1S/C21H29N5O/c1-17(27)25-12-6-10-19(15-25)21-23-22-20-16-24(13-14-26(20)21)11-5-9-18-7-3-2-4-8-18/h2-4,7-8,19H,5-6,9-16H2,1H3/t19-/m0/s1. The van der Waals surface area contributed by atoms with E-state index in [0.29, 0.717) is 5.92 Å². The molecule has 4 rings (SSSR count). The van der Waals surface area contributed by atoms with Crippen LogP contribution >= 0.6 is 0 Å². The van der Waals surface area contributed by atoms with E-state index in [-0.39, 0.29) is 5.91 Å². The molecule has 0 N–H and O–H groups in total. The van der Waals surface area contributed by atoms with Crippen molar-refractivity contribution in [3.8, 4) is 0 Å². The molecular formula is C21H29N5O. The second-order valence-electron chi connectivity index (χ2n) is 7.80. The van der Waals surface area contributed by atoms with Crippen LogP contribution in [0.4, 0.5) is 0 Å². The van der Waals surface area contributed by atoms with E-state index in [9.17, 15) is 4.79 Å². The van der Waals surface area contributed by atoms with Crippen molar-refractivity contribution >= 4 is 5.91 Å². The predicted octanol–water partition coefficient (Wildman–Crippen LogP) is 2.45. The Morgan fingerprint density at radius 3 is 2.81 bits per heavy atom. The van der Waals surface area contributed by atoms with Gasteiger partial charge in [0.25, 0.3) is 0 Å². The highest BCUT2D eigenvalue weighted by molar-refractivity contribution is 5.73. The quantitative estimate of drug-likeness (QED) is 0.815. The van der Waals surface area contributed by atoms with Gasteiger partial charge in [-0.05, 0) is 37.8 Å². The Hall–Kier alpha value is -2.21. The number of hydrogen-bond donors (Lipinski definition) is 0. The fraction of sp³-hybridized carbons (Fsp3) is 0.571. The zero-order valence-corrected chi connectivity index (χ0v) is 16.2. The van der Waals surface area contributed by atoms with Gasteiger partial charge in [-0.2, -0.15) is 0 Å². The lowest BCUT2D eigenvalue weighted by Gasteiger charge is -2.33. The van der Waals surface area contributed by atoms with E-state index in [0.717, 1.165) is 70.2 Å². The second-order valence-corrected chi connectivity index (χ2v) is 7.80. The van der Waals surface area contributed by atoms with E-state index in [1.165, 1.54) is 12.0 Å². The van der Waals surface area contributed by atoms with E-state index >= 15 is 0 Å². The Bertz CT molecular complexity index is 772. The number of carbonyl (C=O) groups is 1. The Kier molecular flexibility index (Phi) is 5.53. The van der Waals surface area contributed by atoms with Gasteiger partial charge in [0.2, 0.25) is 5.91 Å². The average molecular weight is 367 g/mol. The smallest absolute Gasteiger partial charge is 0.219 e. The summed E-state index contributed by atoms with van der Waals surface area (Å²) < 4.78 is 2.31. The van der Waals surface area contributed by atoms with Gasteiger partial charge in [-0.1, -0.05) is 30.3 Å². The molecule has 2 aliphatic heterocycles. The number of aryl methyl sites for hydroxylation is 1. The highest BCUT2D eigenvalue weighted by Gasteiger charge is 2.29. The van der Waals surface area contributed by atoms with Crippen LogP contribution in [-0.2, 0) is 24.3 Å². The topological polar surface area (TPSA) is 54.3 Å². The van der Waals surface area contributed by atoms with Crippen LogP contribution in [0.1, 0.15) is 49.3 Å². The first kappa shape index (κ1) is 18.2. The fourth-order valence-electron chi connectivity index (χ4n) is 4.35. The number of carbonyl (C=O) groups excluding carboxylic acids is 1. The molecule has 144 valence electrons. The number of amides is 1. The lowest BCUT2D eigenvalue weighted by Crippen LogP contribution is -2.39. The number of likely N-dealkylation sites (tertiary alicyclic amines) is 1. The molecule has 1 aromatic heterocycles. The van der Waals surface area contributed by atoms with Gasteiger partial charge >= 0.3 is 0 Å². The van der Waals surface area contributed by atoms with Gasteiger partial charge in [-0.15, -0.1) is 10.2 Å². The van der Waals surface area contributed by atoms with Gasteiger partial charge in [0.1, 0.15) is 11.6 Å². The molecule has 0 radical (unpaired) electrons. The summed E-state index contributed by atoms with van der Waals surface area (Å²) >= 11 is 0. The van der Waals surface area contributed by atoms with Crippen LogP contribution in [0, 0.1) is 0 Å². The summed E-state index contributed by atoms with van der Waals surface area (Å²) in [4.78, 5) is 16.2. The zero-order chi connectivity index (χ0) is 18.6. The van der Waals surface area contributed by atoms with Gasteiger partial charge in [0.15, 0.2) is 0 Å². The molecule has 3 heterocycles. The third kappa shape index (κ3) is 4.21. The summed E-state index contributed by atoms with van der Waals surface area (Å²) in [5.74, 6) is 2.66. The summed E-state index contributed by atoms with van der Waals surface area (Å²) in [6.45, 7) is 7.31. The van der Waals surface area contributed by atoms with Gasteiger partial charge in [0.05, 0.1) is 6.54 Å². The number of rotatable bonds is 5. The van der Waals surface area contributed by atoms with Crippen LogP contribution < -0.4 is 0 Å². The maximum atomic E-state index is 11.7. The molecule has 0 aliphatic carbocycles. The minimum absolute atomic E-state index is 0.169. The van der Waals surface area contributed by atoms with E-state index in [1.54, 1.807) is 6.92 Å². The van der Waals surface area contributed by atoms with Crippen LogP contribution in [0.3, 0.4) is 0 Å². The molecular weight excluding hydrogens is 338 g/mol. The molecule has 1 saturated heterocycles. The Balaban J connectivity index is 1.34. The van der Waals surface area contributed by atoms with Gasteiger partial charge < -0.3 is 9.47 Å². The monoisotopic (exact) mass is 367 g/mol. The Morgan fingerprint density at radius 1 is 1.15 bits per heavy atom. The predicted molar refractivity (Wildman–Crippen MR) is 104 cm³/mol. The highest BCUT2D eigenvalue weighted by Crippen LogP contribution is 2.27. The first-order valence-corrected chi connectivity index (χ1v) is 10.1. The van der Waals surface area contributed by atoms with E-state index in [1.807, 2.05) is 4.90 Å². The lowest BCUT2D eigenvalue weighted by atomic mass is 9.97. The van der Waals surface area contributed by atoms with Crippen LogP contribution in [-0.4, -0.2) is 56.7 Å². The minimum Gasteiger partial charge on any atom is -0.342 e. The third-order valence-electron chi connectivity index (χ3n) is 5.88. The molecule has 1 atom stereocenters. The fourth-order valence-corrected chi connectivity index (χ4v) is 4.35. The molecule has 0 bridgehead atoms. The first-order chi connectivity index (χ1) is 13.2. The lowest BCUT2D eigenvalue weighted by molar-refractivity contribution is -0.130. The van der Waals surface area contributed by atoms with Crippen LogP contribution in [0.25, 0.3) is 0 Å². The van der Waals surface area contributed by atoms with Gasteiger partial charge in [-0.25, -0.2) is 0 Å². The summed E-state index contributed by atoms with van der Waals surface area (Å²) in [6, 6.07) is 10.7. The zero-order valence-electron chi connectivity index (χ0n) is 16.2. The van der Waals surface area contributed by atoms with Crippen molar-refractivity contribution in [1.29, 1.82) is 0 Å². The number of nitrogens with zero attached hydrogens (tertiary/aromatic N) is 5. The molecule has 6 nitrogen and oxygen atoms in total. The van der Waals surface area contributed by atoms with Gasteiger partial charge in [-0.3, -0.25) is 9.69 Å². The van der Waals surface area contributed by atoms with Gasteiger partial charge in [0, 0.05) is 39.0 Å². The molecule has 6 heteroatoms. The Morgan fingerprint density at radius 2 is 2.00 bits per heavy atom. The molecule has 1 amide bonds. The molecule has 1 fully saturated rings. The normalized spacial score (nSPS) is 20.5. The first-order valence-electron chi connectivity index (χ1n) is 10.1. The van der Waals surface area contributed by atoms with Crippen molar-refractivity contribution in [2.75, 3.05) is 26.2 Å². The van der Waals surface area contributed by atoms with Crippen LogP contribution in [0.5, 0.6) is 0 Å². The number of hydrogen-bond acceptors (Lipinski definition) is 4. The van der Waals surface area contributed by atoms with Crippen LogP contribution in [0.15, 0.2) is 30.3 Å². The largest absolute Gasteiger partial charge is 0.342 e. The molecule has 0 spiro atoms. The molecule has 1 aromatic carbocycles. The summed E-state index contributed by atoms with van der Waals surface area (Å²) in [5.41, 5.74) is 1.41. The molecule has 27 heavy (non-hydrogen) atoms. The Labute approximate surface area is 161 Å². The average Bonchev–Trinajstić information content (AvgIpc) is 3.12. The molecule has 2 aromatic rings. The van der Waals surface area contributed by atoms with E-state index in [2.05, 4.69) is 50.0 Å². The van der Waals surface area contributed by atoms with Crippen molar-refractivity contribution < 1.29 is 4.79 Å². The van der Waals surface area contributed by atoms with Crippen molar-refractivity contribution in [2.24, 2.45) is 0 Å². The maximum absolute atomic E-state index is 11.7. The van der Waals surface area contributed by atoms with E-state index < -0.39 is 0 Å². The molecule has 0 saturated carbocycles.